The summed E-state index contributed by atoms with van der Waals surface area (Å²) in [5.74, 6) is 0.510. The largest absolute Gasteiger partial charge is 0.505 e. The third kappa shape index (κ3) is 2.28. The zero-order chi connectivity index (χ0) is 15.6. The quantitative estimate of drug-likeness (QED) is 0.422. The zero-order valence-corrected chi connectivity index (χ0v) is 12.1. The van der Waals surface area contributed by atoms with E-state index in [4.69, 9.17) is 0 Å². The molecule has 110 valence electrons. The standard InChI is InChI=1S/C18H12N4O/c23-18-15-8-4-2-6-13(15)12-5-1-3-7-14(12)17(18)22-21-16-11-19-9-10-20-16/h1-11,23H. The number of aromatic hydroxyl groups is 1. The van der Waals surface area contributed by atoms with Gasteiger partial charge in [0.05, 0.1) is 6.20 Å². The summed E-state index contributed by atoms with van der Waals surface area (Å²) in [7, 11) is 0. The van der Waals surface area contributed by atoms with Gasteiger partial charge in [0.15, 0.2) is 11.6 Å². The van der Waals surface area contributed by atoms with E-state index in [-0.39, 0.29) is 5.75 Å². The lowest BCUT2D eigenvalue weighted by atomic mass is 9.99. The summed E-state index contributed by atoms with van der Waals surface area (Å²) in [6, 6.07) is 15.5. The van der Waals surface area contributed by atoms with Crippen LogP contribution in [0.15, 0.2) is 77.3 Å². The third-order valence-corrected chi connectivity index (χ3v) is 3.68. The van der Waals surface area contributed by atoms with Crippen molar-refractivity contribution in [2.24, 2.45) is 10.2 Å². The van der Waals surface area contributed by atoms with Gasteiger partial charge in [-0.15, -0.1) is 10.2 Å². The molecule has 0 atom stereocenters. The van der Waals surface area contributed by atoms with Crippen LogP contribution in [0.3, 0.4) is 0 Å². The summed E-state index contributed by atoms with van der Waals surface area (Å²) in [5, 5.41) is 22.5. The minimum atomic E-state index is 0.118. The molecule has 1 N–H and O–H groups in total. The molecule has 0 unspecified atom stereocenters. The van der Waals surface area contributed by atoms with Gasteiger partial charge in [0.2, 0.25) is 0 Å². The first-order chi connectivity index (χ1) is 11.3. The Hall–Kier alpha value is -3.34. The molecule has 0 fully saturated rings. The average Bonchev–Trinajstić information content (AvgIpc) is 2.63. The van der Waals surface area contributed by atoms with Gasteiger partial charge in [-0.25, -0.2) is 4.98 Å². The molecule has 4 rings (SSSR count). The zero-order valence-electron chi connectivity index (χ0n) is 12.1. The van der Waals surface area contributed by atoms with Gasteiger partial charge in [-0.2, -0.15) is 0 Å². The second kappa shape index (κ2) is 5.46. The van der Waals surface area contributed by atoms with Crippen LogP contribution in [0.25, 0.3) is 21.5 Å². The maximum absolute atomic E-state index is 10.6. The number of nitrogens with zero attached hydrogens (tertiary/aromatic N) is 4. The Labute approximate surface area is 132 Å². The van der Waals surface area contributed by atoms with E-state index in [2.05, 4.69) is 20.2 Å². The lowest BCUT2D eigenvalue weighted by molar-refractivity contribution is 0.483. The minimum absolute atomic E-state index is 0.118. The number of phenolic OH excluding ortho intramolecular Hbond substituents is 1. The van der Waals surface area contributed by atoms with Gasteiger partial charge in [-0.05, 0) is 10.8 Å². The first-order valence-electron chi connectivity index (χ1n) is 7.15. The molecule has 4 aromatic rings. The number of aromatic nitrogens is 2. The molecule has 1 heterocycles. The van der Waals surface area contributed by atoms with E-state index >= 15 is 0 Å². The summed E-state index contributed by atoms with van der Waals surface area (Å²) in [6.07, 6.45) is 4.64. The predicted molar refractivity (Wildman–Crippen MR) is 89.3 cm³/mol. The van der Waals surface area contributed by atoms with Crippen LogP contribution in [0.4, 0.5) is 11.5 Å². The summed E-state index contributed by atoms with van der Waals surface area (Å²) in [5.41, 5.74) is 0.435. The Morgan fingerprint density at radius 3 is 2.09 bits per heavy atom. The molecule has 0 bridgehead atoms. The van der Waals surface area contributed by atoms with Crippen molar-refractivity contribution in [1.82, 2.24) is 9.97 Å². The minimum Gasteiger partial charge on any atom is -0.505 e. The lowest BCUT2D eigenvalue weighted by Gasteiger charge is -2.09. The van der Waals surface area contributed by atoms with E-state index in [0.717, 1.165) is 21.5 Å². The van der Waals surface area contributed by atoms with E-state index in [1.807, 2.05) is 48.5 Å². The number of hydrogen-bond donors (Lipinski definition) is 1. The number of benzene rings is 3. The fourth-order valence-electron chi connectivity index (χ4n) is 2.65. The maximum Gasteiger partial charge on any atom is 0.192 e. The Kier molecular flexibility index (Phi) is 3.16. The van der Waals surface area contributed by atoms with Gasteiger partial charge >= 0.3 is 0 Å². The first kappa shape index (κ1) is 13.3. The Balaban J connectivity index is 2.01. The molecule has 3 aromatic carbocycles. The second-order valence-electron chi connectivity index (χ2n) is 5.05. The van der Waals surface area contributed by atoms with E-state index in [0.29, 0.717) is 11.5 Å². The topological polar surface area (TPSA) is 70.7 Å². The molecule has 0 amide bonds. The summed E-state index contributed by atoms with van der Waals surface area (Å²) in [4.78, 5) is 8.01. The predicted octanol–water partition coefficient (Wildman–Crippen LogP) is 4.90. The number of azo groups is 1. The summed E-state index contributed by atoms with van der Waals surface area (Å²) < 4.78 is 0. The van der Waals surface area contributed by atoms with Crippen molar-refractivity contribution in [2.75, 3.05) is 0 Å². The van der Waals surface area contributed by atoms with Crippen LogP contribution in [0, 0.1) is 0 Å². The molecule has 0 saturated heterocycles. The molecule has 0 aliphatic rings. The fourth-order valence-corrected chi connectivity index (χ4v) is 2.65. The van der Waals surface area contributed by atoms with Crippen LogP contribution < -0.4 is 0 Å². The van der Waals surface area contributed by atoms with Crippen LogP contribution in [0.2, 0.25) is 0 Å². The molecule has 5 nitrogen and oxygen atoms in total. The molecule has 0 aliphatic carbocycles. The van der Waals surface area contributed by atoms with Gasteiger partial charge in [-0.3, -0.25) is 4.98 Å². The first-order valence-corrected chi connectivity index (χ1v) is 7.15. The van der Waals surface area contributed by atoms with Crippen LogP contribution in [-0.4, -0.2) is 15.1 Å². The number of hydrogen-bond acceptors (Lipinski definition) is 5. The van der Waals surface area contributed by atoms with Gasteiger partial charge in [0.1, 0.15) is 5.69 Å². The number of rotatable bonds is 2. The van der Waals surface area contributed by atoms with E-state index < -0.39 is 0 Å². The van der Waals surface area contributed by atoms with Crippen LogP contribution in [0.5, 0.6) is 5.75 Å². The Morgan fingerprint density at radius 2 is 1.39 bits per heavy atom. The normalized spacial score (nSPS) is 11.5. The molecule has 0 aliphatic heterocycles. The SMILES string of the molecule is Oc1c(N=Nc2cnccn2)c2ccccc2c2ccccc12. The molecule has 23 heavy (non-hydrogen) atoms. The summed E-state index contributed by atoms with van der Waals surface area (Å²) in [6.45, 7) is 0. The van der Waals surface area contributed by atoms with Gasteiger partial charge in [-0.1, -0.05) is 48.5 Å². The monoisotopic (exact) mass is 300 g/mol. The summed E-state index contributed by atoms with van der Waals surface area (Å²) >= 11 is 0. The Bertz CT molecular complexity index is 1030. The highest BCUT2D eigenvalue weighted by molar-refractivity contribution is 6.15. The van der Waals surface area contributed by atoms with E-state index in [1.54, 1.807) is 12.4 Å². The van der Waals surface area contributed by atoms with Crippen LogP contribution in [-0.2, 0) is 0 Å². The molecular weight excluding hydrogens is 288 g/mol. The van der Waals surface area contributed by atoms with Crippen LogP contribution >= 0.6 is 0 Å². The van der Waals surface area contributed by atoms with E-state index in [9.17, 15) is 5.11 Å². The highest BCUT2D eigenvalue weighted by Crippen LogP contribution is 2.43. The van der Waals surface area contributed by atoms with Crippen LogP contribution in [0.1, 0.15) is 0 Å². The van der Waals surface area contributed by atoms with E-state index in [1.165, 1.54) is 6.20 Å². The molecular formula is C18H12N4O. The van der Waals surface area contributed by atoms with Crippen molar-refractivity contribution >= 4 is 33.1 Å². The third-order valence-electron chi connectivity index (χ3n) is 3.68. The van der Waals surface area contributed by atoms with Crippen molar-refractivity contribution in [3.05, 3.63) is 67.1 Å². The van der Waals surface area contributed by atoms with Crippen molar-refractivity contribution in [1.29, 1.82) is 0 Å². The van der Waals surface area contributed by atoms with Gasteiger partial charge in [0.25, 0.3) is 0 Å². The lowest BCUT2D eigenvalue weighted by Crippen LogP contribution is -1.81. The van der Waals surface area contributed by atoms with Crippen molar-refractivity contribution in [3.8, 4) is 5.75 Å². The number of fused-ring (bicyclic) bond motifs is 3. The van der Waals surface area contributed by atoms with Gasteiger partial charge in [0, 0.05) is 23.2 Å². The smallest absolute Gasteiger partial charge is 0.192 e. The van der Waals surface area contributed by atoms with Crippen molar-refractivity contribution in [3.63, 3.8) is 0 Å². The van der Waals surface area contributed by atoms with Crippen molar-refractivity contribution in [2.45, 2.75) is 0 Å². The Morgan fingerprint density at radius 1 is 0.739 bits per heavy atom. The number of phenols is 1. The molecule has 0 saturated carbocycles. The van der Waals surface area contributed by atoms with Crippen molar-refractivity contribution < 1.29 is 5.11 Å². The maximum atomic E-state index is 10.6. The molecule has 5 heteroatoms. The molecule has 1 aromatic heterocycles. The molecule has 0 spiro atoms. The highest BCUT2D eigenvalue weighted by atomic mass is 16.3. The molecule has 0 radical (unpaired) electrons. The highest BCUT2D eigenvalue weighted by Gasteiger charge is 2.12. The average molecular weight is 300 g/mol. The second-order valence-corrected chi connectivity index (χ2v) is 5.05. The van der Waals surface area contributed by atoms with Gasteiger partial charge < -0.3 is 5.11 Å². The fraction of sp³-hybridized carbons (Fsp3) is 0.